The molecule has 10 N–H and O–H groups in total. The molecule has 1 unspecified atom stereocenters. The first kappa shape index (κ1) is 44.6. The van der Waals surface area contributed by atoms with Crippen molar-refractivity contribution in [3.63, 3.8) is 0 Å². The molecule has 16 nitrogen and oxygen atoms in total. The fourth-order valence-corrected chi connectivity index (χ4v) is 6.69. The summed E-state index contributed by atoms with van der Waals surface area (Å²) in [5, 5.41) is 50.8. The van der Waals surface area contributed by atoms with E-state index in [4.69, 9.17) is 15.2 Å². The van der Waals surface area contributed by atoms with Crippen LogP contribution in [0.1, 0.15) is 49.9 Å². The molecule has 54 heavy (non-hydrogen) atoms. The van der Waals surface area contributed by atoms with Crippen molar-refractivity contribution in [3.8, 4) is 11.1 Å². The van der Waals surface area contributed by atoms with Crippen molar-refractivity contribution >= 4 is 53.3 Å². The molecule has 0 radical (unpaired) electrons. The van der Waals surface area contributed by atoms with Crippen LogP contribution in [0.15, 0.2) is 54.6 Å². The molecule has 1 fully saturated rings. The number of nitrogens with two attached hydrogens (primary N) is 1. The third-order valence-corrected chi connectivity index (χ3v) is 10.2. The van der Waals surface area contributed by atoms with Gasteiger partial charge >= 0.3 is 5.97 Å². The third-order valence-electron chi connectivity index (χ3n) is 8.41. The number of nitrogens with one attached hydrogen (secondary N) is 4. The Balaban J connectivity index is 1.52. The fraction of sp³-hybridized carbons (Fsp3) is 0.528. The topological polar surface area (TPSA) is 259 Å². The molecular weight excluding hydrogens is 743 g/mol. The summed E-state index contributed by atoms with van der Waals surface area (Å²) in [6.07, 6.45) is -7.11. The summed E-state index contributed by atoms with van der Waals surface area (Å²) in [4.78, 5) is 61.6. The fourth-order valence-electron chi connectivity index (χ4n) is 5.52. The van der Waals surface area contributed by atoms with Gasteiger partial charge in [-0.2, -0.15) is 11.8 Å². The SMILES string of the molecule is CCSCCNC(=O)C(N)CCC(=O)NSCCCO[C@]1(C(=O)O)C[C@H](O)[C@@H](NC(C)=O)[C@H]([C@H](O)[C@H](O)CNC(=O)c2ccc(-c3ccccc3)cc2)O1. The maximum Gasteiger partial charge on any atom is 0.364 e. The van der Waals surface area contributed by atoms with Crippen molar-refractivity contribution in [2.24, 2.45) is 5.73 Å². The maximum atomic E-state index is 12.8. The molecule has 18 heteroatoms. The predicted molar refractivity (Wildman–Crippen MR) is 204 cm³/mol. The van der Waals surface area contributed by atoms with Crippen LogP contribution in [0.2, 0.25) is 0 Å². The van der Waals surface area contributed by atoms with Crippen molar-refractivity contribution in [3.05, 3.63) is 60.2 Å². The number of carboxylic acids is 1. The number of hydrogen-bond acceptors (Lipinski definition) is 13. The second-order valence-electron chi connectivity index (χ2n) is 12.6. The number of rotatable bonds is 22. The molecule has 0 saturated carbocycles. The maximum absolute atomic E-state index is 12.8. The van der Waals surface area contributed by atoms with Crippen LogP contribution in [-0.4, -0.2) is 129 Å². The van der Waals surface area contributed by atoms with Crippen LogP contribution in [0.25, 0.3) is 11.1 Å². The lowest BCUT2D eigenvalue weighted by Gasteiger charge is -2.46. The number of aliphatic hydroxyl groups is 3. The molecule has 1 aliphatic rings. The largest absolute Gasteiger partial charge is 0.477 e. The van der Waals surface area contributed by atoms with E-state index in [1.165, 1.54) is 0 Å². The van der Waals surface area contributed by atoms with Crippen molar-refractivity contribution < 1.29 is 53.9 Å². The van der Waals surface area contributed by atoms with Crippen LogP contribution in [-0.2, 0) is 28.7 Å². The zero-order valence-electron chi connectivity index (χ0n) is 30.3. The Hall–Kier alpha value is -3.75. The molecule has 298 valence electrons. The van der Waals surface area contributed by atoms with Gasteiger partial charge in [-0.1, -0.05) is 61.3 Å². The number of hydrogen-bond donors (Lipinski definition) is 9. The first-order chi connectivity index (χ1) is 25.8. The molecule has 0 aromatic heterocycles. The molecular formula is C36H51N5O11S2. The molecule has 2 aromatic carbocycles. The highest BCUT2D eigenvalue weighted by Gasteiger charge is 2.55. The molecule has 1 aliphatic heterocycles. The molecule has 1 saturated heterocycles. The summed E-state index contributed by atoms with van der Waals surface area (Å²) >= 11 is 2.73. The van der Waals surface area contributed by atoms with Crippen LogP contribution >= 0.6 is 23.7 Å². The number of ether oxygens (including phenoxy) is 2. The summed E-state index contributed by atoms with van der Waals surface area (Å²) < 4.78 is 14.0. The highest BCUT2D eigenvalue weighted by molar-refractivity contribution is 7.99. The minimum atomic E-state index is -2.47. The van der Waals surface area contributed by atoms with Gasteiger partial charge in [0.15, 0.2) is 0 Å². The Kier molecular flexibility index (Phi) is 18.7. The van der Waals surface area contributed by atoms with Gasteiger partial charge in [0.1, 0.15) is 12.2 Å². The van der Waals surface area contributed by atoms with Crippen LogP contribution < -0.4 is 26.4 Å². The molecule has 2 aromatic rings. The summed E-state index contributed by atoms with van der Waals surface area (Å²) in [7, 11) is 0. The molecule has 0 spiro atoms. The Morgan fingerprint density at radius 3 is 2.35 bits per heavy atom. The molecule has 0 bridgehead atoms. The van der Waals surface area contributed by atoms with Crippen molar-refractivity contribution in [1.82, 2.24) is 20.7 Å². The second-order valence-corrected chi connectivity index (χ2v) is 14.9. The van der Waals surface area contributed by atoms with Gasteiger partial charge in [0.25, 0.3) is 11.7 Å². The average molecular weight is 794 g/mol. The van der Waals surface area contributed by atoms with Crippen LogP contribution in [0.4, 0.5) is 0 Å². The lowest BCUT2D eigenvalue weighted by Crippen LogP contribution is -2.68. The van der Waals surface area contributed by atoms with Gasteiger partial charge < -0.3 is 56.3 Å². The Morgan fingerprint density at radius 2 is 1.70 bits per heavy atom. The lowest BCUT2D eigenvalue weighted by atomic mass is 9.88. The number of carbonyl (C=O) groups is 5. The Bertz CT molecular complexity index is 1520. The first-order valence-electron chi connectivity index (χ1n) is 17.6. The molecule has 7 atom stereocenters. The quantitative estimate of drug-likeness (QED) is 0.0578. The van der Waals surface area contributed by atoms with Gasteiger partial charge in [-0.25, -0.2) is 4.79 Å². The van der Waals surface area contributed by atoms with Crippen LogP contribution in [0.3, 0.4) is 0 Å². The number of aliphatic carboxylic acids is 1. The van der Waals surface area contributed by atoms with E-state index in [2.05, 4.69) is 20.7 Å². The summed E-state index contributed by atoms with van der Waals surface area (Å²) in [6.45, 7) is 2.98. The first-order valence-corrected chi connectivity index (χ1v) is 19.7. The predicted octanol–water partition coefficient (Wildman–Crippen LogP) is 0.389. The van der Waals surface area contributed by atoms with Gasteiger partial charge in [-0.3, -0.25) is 19.2 Å². The van der Waals surface area contributed by atoms with E-state index in [0.717, 1.165) is 41.5 Å². The van der Waals surface area contributed by atoms with E-state index >= 15 is 0 Å². The van der Waals surface area contributed by atoms with Crippen molar-refractivity contribution in [2.75, 3.05) is 37.0 Å². The zero-order chi connectivity index (χ0) is 39.7. The van der Waals surface area contributed by atoms with Gasteiger partial charge in [0.05, 0.1) is 30.9 Å². The Morgan fingerprint density at radius 1 is 1.02 bits per heavy atom. The van der Waals surface area contributed by atoms with E-state index in [1.54, 1.807) is 36.0 Å². The van der Waals surface area contributed by atoms with E-state index in [0.29, 0.717) is 12.3 Å². The van der Waals surface area contributed by atoms with E-state index in [1.807, 2.05) is 37.3 Å². The highest BCUT2D eigenvalue weighted by Crippen LogP contribution is 2.34. The van der Waals surface area contributed by atoms with Gasteiger partial charge in [-0.05, 0) is 41.9 Å². The minimum absolute atomic E-state index is 0.0201. The highest BCUT2D eigenvalue weighted by atomic mass is 32.2. The Labute approximate surface area is 322 Å². The summed E-state index contributed by atoms with van der Waals surface area (Å²) in [6, 6.07) is 14.1. The standard InChI is InChI=1S/C36H51N5O11S2/c1-3-53-19-16-38-34(48)26(37)14-15-29(45)41-54-18-7-17-51-36(35(49)50)20-27(43)30(40-22(2)42)32(52-36)31(46)28(44)21-39-33(47)25-12-10-24(11-13-25)23-8-5-4-6-9-23/h4-6,8-13,26-28,30-32,43-44,46H,3,7,14-21,37H2,1-2H3,(H,38,48)(H,39,47)(H,40,42)(H,41,45)(H,49,50)/t26?,27-,28+,30+,31+,32+,36+/m0/s1. The normalized spacial score (nSPS) is 21.3. The molecule has 1 heterocycles. The van der Waals surface area contributed by atoms with E-state index in [-0.39, 0.29) is 43.2 Å². The molecule has 0 aliphatic carbocycles. The smallest absolute Gasteiger partial charge is 0.364 e. The van der Waals surface area contributed by atoms with Gasteiger partial charge in [-0.15, -0.1) is 0 Å². The molecule has 3 rings (SSSR count). The summed E-state index contributed by atoms with van der Waals surface area (Å²) in [5.41, 5.74) is 8.01. The van der Waals surface area contributed by atoms with Crippen molar-refractivity contribution in [2.45, 2.75) is 81.8 Å². The minimum Gasteiger partial charge on any atom is -0.477 e. The lowest BCUT2D eigenvalue weighted by molar-refractivity contribution is -0.310. The van der Waals surface area contributed by atoms with Crippen molar-refractivity contribution in [1.29, 1.82) is 0 Å². The number of carboxylic acid groups (broad SMARTS) is 1. The zero-order valence-corrected chi connectivity index (χ0v) is 31.9. The monoisotopic (exact) mass is 793 g/mol. The van der Waals surface area contributed by atoms with Crippen LogP contribution in [0.5, 0.6) is 0 Å². The van der Waals surface area contributed by atoms with E-state index < -0.39 is 73.0 Å². The number of benzene rings is 2. The van der Waals surface area contributed by atoms with Crippen LogP contribution in [0, 0.1) is 0 Å². The molecule has 4 amide bonds. The third kappa shape index (κ3) is 13.8. The van der Waals surface area contributed by atoms with E-state index in [9.17, 15) is 44.4 Å². The summed E-state index contributed by atoms with van der Waals surface area (Å²) in [5.74, 6) is -3.92. The van der Waals surface area contributed by atoms with Gasteiger partial charge in [0.2, 0.25) is 17.7 Å². The number of amides is 4. The second kappa shape index (κ2) is 22.6. The number of aliphatic hydroxyl groups excluding tert-OH is 3. The number of thioether (sulfide) groups is 1. The number of carbonyl (C=O) groups excluding carboxylic acids is 4. The van der Waals surface area contributed by atoms with Gasteiger partial charge in [0, 0.05) is 49.9 Å². The average Bonchev–Trinajstić information content (AvgIpc) is 3.16.